The summed E-state index contributed by atoms with van der Waals surface area (Å²) in [6.07, 6.45) is 4.64. The van der Waals surface area contributed by atoms with Crippen molar-refractivity contribution in [1.29, 1.82) is 0 Å². The van der Waals surface area contributed by atoms with Crippen LogP contribution in [0.2, 0.25) is 10.0 Å². The quantitative estimate of drug-likeness (QED) is 0.911. The van der Waals surface area contributed by atoms with Crippen molar-refractivity contribution in [2.45, 2.75) is 44.6 Å². The Labute approximate surface area is 123 Å². The average Bonchev–Trinajstić information content (AvgIpc) is 2.42. The lowest BCUT2D eigenvalue weighted by molar-refractivity contribution is -0.129. The first-order chi connectivity index (χ1) is 9.08. The number of aliphatic hydroxyl groups excluding tert-OH is 1. The molecule has 1 N–H and O–H groups in total. The monoisotopic (exact) mass is 300 g/mol. The maximum absolute atomic E-state index is 12.1. The molecule has 0 bridgehead atoms. The van der Waals surface area contributed by atoms with Crippen LogP contribution in [0.5, 0.6) is 0 Å². The van der Waals surface area contributed by atoms with Crippen LogP contribution < -0.4 is 0 Å². The molecule has 0 aromatic heterocycles. The molecular formula is C15H18Cl2O2. The summed E-state index contributed by atoms with van der Waals surface area (Å²) in [4.78, 5) is 12.1. The van der Waals surface area contributed by atoms with E-state index in [-0.39, 0.29) is 18.1 Å². The second-order valence-corrected chi connectivity index (χ2v) is 6.07. The number of rotatable bonds is 4. The highest BCUT2D eigenvalue weighted by atomic mass is 35.5. The molecule has 0 spiro atoms. The van der Waals surface area contributed by atoms with Gasteiger partial charge < -0.3 is 5.11 Å². The van der Waals surface area contributed by atoms with Gasteiger partial charge in [-0.1, -0.05) is 48.5 Å². The van der Waals surface area contributed by atoms with Gasteiger partial charge in [0.25, 0.3) is 0 Å². The van der Waals surface area contributed by atoms with E-state index in [9.17, 15) is 9.90 Å². The summed E-state index contributed by atoms with van der Waals surface area (Å²) in [6.45, 7) is 0. The van der Waals surface area contributed by atoms with Gasteiger partial charge in [0.05, 0.1) is 0 Å². The molecule has 0 amide bonds. The average molecular weight is 301 g/mol. The van der Waals surface area contributed by atoms with Crippen LogP contribution in [0.15, 0.2) is 18.2 Å². The smallest absolute Gasteiger partial charge is 0.165 e. The lowest BCUT2D eigenvalue weighted by Gasteiger charge is -2.25. The maximum atomic E-state index is 12.1. The second kappa shape index (κ2) is 6.74. The van der Waals surface area contributed by atoms with Gasteiger partial charge in [0.2, 0.25) is 0 Å². The Bertz CT molecular complexity index is 453. The number of Topliss-reactive ketones (excluding diaryl/α,β-unsaturated/α-hetero) is 1. The highest BCUT2D eigenvalue weighted by Crippen LogP contribution is 2.28. The van der Waals surface area contributed by atoms with Gasteiger partial charge >= 0.3 is 0 Å². The molecule has 2 nitrogen and oxygen atoms in total. The third-order valence-electron chi connectivity index (χ3n) is 3.81. The van der Waals surface area contributed by atoms with Crippen LogP contribution in [0.1, 0.15) is 37.7 Å². The fourth-order valence-electron chi connectivity index (χ4n) is 2.67. The normalized spacial score (nSPS) is 18.3. The van der Waals surface area contributed by atoms with Crippen molar-refractivity contribution in [2.75, 3.05) is 0 Å². The molecule has 1 fully saturated rings. The minimum atomic E-state index is -0.855. The Hall–Kier alpha value is -0.570. The topological polar surface area (TPSA) is 37.3 Å². The van der Waals surface area contributed by atoms with Gasteiger partial charge in [0.15, 0.2) is 5.78 Å². The molecule has 0 heterocycles. The minimum Gasteiger partial charge on any atom is -0.385 e. The molecule has 1 aliphatic rings. The van der Waals surface area contributed by atoms with E-state index in [1.165, 1.54) is 6.42 Å². The summed E-state index contributed by atoms with van der Waals surface area (Å²) in [5, 5.41) is 11.2. The summed E-state index contributed by atoms with van der Waals surface area (Å²) < 4.78 is 0. The molecular weight excluding hydrogens is 283 g/mol. The first kappa shape index (κ1) is 14.8. The number of hydrogen-bond donors (Lipinski definition) is 1. The molecule has 1 saturated carbocycles. The Balaban J connectivity index is 1.99. The molecule has 1 atom stereocenters. The largest absolute Gasteiger partial charge is 0.385 e. The van der Waals surface area contributed by atoms with Gasteiger partial charge in [0.1, 0.15) is 6.10 Å². The summed E-state index contributed by atoms with van der Waals surface area (Å²) in [5.41, 5.74) is 0.728. The first-order valence-corrected chi connectivity index (χ1v) is 7.48. The lowest BCUT2D eigenvalue weighted by Crippen LogP contribution is -2.32. The van der Waals surface area contributed by atoms with Crippen molar-refractivity contribution in [3.8, 4) is 0 Å². The van der Waals surface area contributed by atoms with E-state index in [1.54, 1.807) is 18.2 Å². The predicted octanol–water partition coefficient (Wildman–Crippen LogP) is 4.05. The molecule has 0 aliphatic heterocycles. The van der Waals surface area contributed by atoms with Crippen LogP contribution in [0.3, 0.4) is 0 Å². The molecule has 0 radical (unpaired) electrons. The Morgan fingerprint density at radius 2 is 1.95 bits per heavy atom. The lowest BCUT2D eigenvalue weighted by atomic mass is 9.83. The molecule has 1 aliphatic carbocycles. The Morgan fingerprint density at radius 3 is 2.58 bits per heavy atom. The van der Waals surface area contributed by atoms with Crippen LogP contribution in [0.4, 0.5) is 0 Å². The van der Waals surface area contributed by atoms with Crippen molar-refractivity contribution >= 4 is 29.0 Å². The number of ketones is 1. The van der Waals surface area contributed by atoms with Gasteiger partial charge in [-0.05, 0) is 36.5 Å². The third-order valence-corrected chi connectivity index (χ3v) is 4.39. The Morgan fingerprint density at radius 1 is 1.26 bits per heavy atom. The number of hydrogen-bond acceptors (Lipinski definition) is 2. The first-order valence-electron chi connectivity index (χ1n) is 6.72. The van der Waals surface area contributed by atoms with E-state index < -0.39 is 6.10 Å². The molecule has 1 unspecified atom stereocenters. The summed E-state index contributed by atoms with van der Waals surface area (Å²) in [7, 11) is 0. The van der Waals surface area contributed by atoms with Gasteiger partial charge in [0, 0.05) is 16.5 Å². The van der Waals surface area contributed by atoms with E-state index in [2.05, 4.69) is 0 Å². The SMILES string of the molecule is O=C(Cc1ccc(Cl)cc1Cl)C(O)C1CCCCC1. The summed E-state index contributed by atoms with van der Waals surface area (Å²) >= 11 is 11.9. The molecule has 4 heteroatoms. The fourth-order valence-corrected chi connectivity index (χ4v) is 3.15. The molecule has 104 valence electrons. The van der Waals surface area contributed by atoms with Crippen LogP contribution in [-0.2, 0) is 11.2 Å². The highest BCUT2D eigenvalue weighted by Gasteiger charge is 2.27. The third kappa shape index (κ3) is 3.95. The summed E-state index contributed by atoms with van der Waals surface area (Å²) in [6, 6.07) is 5.08. The van der Waals surface area contributed by atoms with E-state index in [0.717, 1.165) is 31.2 Å². The van der Waals surface area contributed by atoms with Gasteiger partial charge in [-0.15, -0.1) is 0 Å². The number of carbonyl (C=O) groups excluding carboxylic acids is 1. The van der Waals surface area contributed by atoms with Crippen molar-refractivity contribution in [3.05, 3.63) is 33.8 Å². The van der Waals surface area contributed by atoms with Crippen LogP contribution in [0.25, 0.3) is 0 Å². The Kier molecular flexibility index (Phi) is 5.26. The molecule has 0 saturated heterocycles. The van der Waals surface area contributed by atoms with Crippen LogP contribution in [-0.4, -0.2) is 17.0 Å². The van der Waals surface area contributed by atoms with Crippen molar-refractivity contribution < 1.29 is 9.90 Å². The van der Waals surface area contributed by atoms with Crippen molar-refractivity contribution in [2.24, 2.45) is 5.92 Å². The van der Waals surface area contributed by atoms with E-state index >= 15 is 0 Å². The fraction of sp³-hybridized carbons (Fsp3) is 0.533. The predicted molar refractivity (Wildman–Crippen MR) is 77.8 cm³/mol. The highest BCUT2D eigenvalue weighted by molar-refractivity contribution is 6.35. The van der Waals surface area contributed by atoms with Gasteiger partial charge in [-0.3, -0.25) is 4.79 Å². The standard InChI is InChI=1S/C15H18Cl2O2/c16-12-7-6-11(13(17)9-12)8-14(18)15(19)10-4-2-1-3-5-10/h6-7,9-10,15,19H,1-5,8H2. The zero-order chi connectivity index (χ0) is 13.8. The molecule has 1 aromatic rings. The number of carbonyl (C=O) groups is 1. The molecule has 1 aromatic carbocycles. The van der Waals surface area contributed by atoms with E-state index in [4.69, 9.17) is 23.2 Å². The minimum absolute atomic E-state index is 0.118. The van der Waals surface area contributed by atoms with E-state index in [0.29, 0.717) is 10.0 Å². The van der Waals surface area contributed by atoms with Crippen molar-refractivity contribution in [3.63, 3.8) is 0 Å². The van der Waals surface area contributed by atoms with Gasteiger partial charge in [-0.2, -0.15) is 0 Å². The molecule has 19 heavy (non-hydrogen) atoms. The zero-order valence-electron chi connectivity index (χ0n) is 10.7. The van der Waals surface area contributed by atoms with Crippen molar-refractivity contribution in [1.82, 2.24) is 0 Å². The molecule has 2 rings (SSSR count). The number of aliphatic hydroxyl groups is 1. The number of benzene rings is 1. The second-order valence-electron chi connectivity index (χ2n) is 5.22. The van der Waals surface area contributed by atoms with E-state index in [1.807, 2.05) is 0 Å². The van der Waals surface area contributed by atoms with Gasteiger partial charge in [-0.25, -0.2) is 0 Å². The number of halogens is 2. The maximum Gasteiger partial charge on any atom is 0.165 e. The van der Waals surface area contributed by atoms with Crippen LogP contribution in [0, 0.1) is 5.92 Å². The van der Waals surface area contributed by atoms with Crippen LogP contribution >= 0.6 is 23.2 Å². The summed E-state index contributed by atoms with van der Waals surface area (Å²) in [5.74, 6) is -0.0246. The zero-order valence-corrected chi connectivity index (χ0v) is 12.3.